The second-order valence-corrected chi connectivity index (χ2v) is 11.7. The first-order valence-electron chi connectivity index (χ1n) is 13.7. The average molecular weight is 503 g/mol. The van der Waals surface area contributed by atoms with Crippen LogP contribution in [0.1, 0.15) is 56.1 Å². The third-order valence-electron chi connectivity index (χ3n) is 9.49. The molecule has 6 nitrogen and oxygen atoms in total. The summed E-state index contributed by atoms with van der Waals surface area (Å²) in [4.78, 5) is 25.2. The van der Waals surface area contributed by atoms with Gasteiger partial charge in [-0.15, -0.1) is 0 Å². The Labute approximate surface area is 222 Å². The van der Waals surface area contributed by atoms with Gasteiger partial charge in [0.1, 0.15) is 5.75 Å². The number of methoxy groups -OCH3 is 1. The highest BCUT2D eigenvalue weighted by atomic mass is 16.5. The van der Waals surface area contributed by atoms with Crippen molar-refractivity contribution in [3.05, 3.63) is 65.7 Å². The molecular formula is C31H42N4O2. The molecule has 0 atom stereocenters. The Morgan fingerprint density at radius 3 is 2.19 bits per heavy atom. The first-order valence-corrected chi connectivity index (χ1v) is 13.7. The van der Waals surface area contributed by atoms with Crippen molar-refractivity contribution in [1.29, 1.82) is 0 Å². The van der Waals surface area contributed by atoms with Gasteiger partial charge in [-0.3, -0.25) is 4.90 Å². The van der Waals surface area contributed by atoms with Crippen LogP contribution < -0.4 is 4.74 Å². The molecular weight excluding hydrogens is 460 g/mol. The summed E-state index contributed by atoms with van der Waals surface area (Å²) in [6.45, 7) is 2.20. The Balaban J connectivity index is 1.43. The minimum Gasteiger partial charge on any atom is -0.497 e. The number of benzene rings is 2. The molecule has 2 aromatic rings. The van der Waals surface area contributed by atoms with E-state index in [-0.39, 0.29) is 22.5 Å². The van der Waals surface area contributed by atoms with Gasteiger partial charge in [0, 0.05) is 43.9 Å². The van der Waals surface area contributed by atoms with Crippen molar-refractivity contribution in [3.63, 3.8) is 0 Å². The van der Waals surface area contributed by atoms with E-state index in [0.717, 1.165) is 62.9 Å². The molecule has 1 saturated heterocycles. The van der Waals surface area contributed by atoms with E-state index in [1.54, 1.807) is 7.11 Å². The second-order valence-electron chi connectivity index (χ2n) is 11.7. The number of nitrogens with zero attached hydrogens (tertiary/aromatic N) is 4. The maximum atomic E-state index is 14.1. The smallest absolute Gasteiger partial charge is 0.320 e. The van der Waals surface area contributed by atoms with Gasteiger partial charge in [-0.25, -0.2) is 4.79 Å². The first kappa shape index (κ1) is 25.8. The van der Waals surface area contributed by atoms with E-state index in [2.05, 4.69) is 82.5 Å². The summed E-state index contributed by atoms with van der Waals surface area (Å²) in [5, 5.41) is 0. The lowest BCUT2D eigenvalue weighted by Crippen LogP contribution is -2.58. The van der Waals surface area contributed by atoms with Crippen molar-refractivity contribution in [1.82, 2.24) is 14.7 Å². The zero-order chi connectivity index (χ0) is 26.1. The molecule has 1 aliphatic heterocycles. The Kier molecular flexibility index (Phi) is 7.06. The number of carbonyl (C=O) groups is 1. The third kappa shape index (κ3) is 4.65. The van der Waals surface area contributed by atoms with Crippen molar-refractivity contribution in [2.45, 2.75) is 62.6 Å². The quantitative estimate of drug-likeness (QED) is 0.443. The molecule has 1 heterocycles. The molecule has 2 amide bonds. The monoisotopic (exact) mass is 502 g/mol. The fourth-order valence-corrected chi connectivity index (χ4v) is 7.04. The number of hydrogen-bond acceptors (Lipinski definition) is 4. The fourth-order valence-electron chi connectivity index (χ4n) is 7.04. The van der Waals surface area contributed by atoms with Gasteiger partial charge in [0.2, 0.25) is 0 Å². The van der Waals surface area contributed by atoms with Crippen LogP contribution in [0.15, 0.2) is 59.6 Å². The molecule has 37 heavy (non-hydrogen) atoms. The Morgan fingerprint density at radius 1 is 0.973 bits per heavy atom. The lowest BCUT2D eigenvalue weighted by atomic mass is 9.66. The van der Waals surface area contributed by atoms with E-state index in [4.69, 9.17) is 4.74 Å². The predicted molar refractivity (Wildman–Crippen MR) is 149 cm³/mol. The summed E-state index contributed by atoms with van der Waals surface area (Å²) < 4.78 is 5.33. The molecule has 2 aromatic carbocycles. The van der Waals surface area contributed by atoms with Gasteiger partial charge in [-0.05, 0) is 75.9 Å². The summed E-state index contributed by atoms with van der Waals surface area (Å²) in [6, 6.07) is 19.2. The number of rotatable bonds is 8. The van der Waals surface area contributed by atoms with Gasteiger partial charge in [0.15, 0.2) is 0 Å². The molecule has 0 bridgehead atoms. The molecule has 0 unspecified atom stereocenters. The largest absolute Gasteiger partial charge is 0.497 e. The molecule has 3 aliphatic rings. The van der Waals surface area contributed by atoms with E-state index < -0.39 is 0 Å². The van der Waals surface area contributed by atoms with Gasteiger partial charge in [0.25, 0.3) is 0 Å². The number of ether oxygens (including phenoxy) is 1. The molecule has 2 saturated carbocycles. The molecule has 5 rings (SSSR count). The topological polar surface area (TPSA) is 48.4 Å². The highest BCUT2D eigenvalue weighted by molar-refractivity contribution is 5.79. The van der Waals surface area contributed by atoms with E-state index in [0.29, 0.717) is 6.54 Å². The van der Waals surface area contributed by atoms with E-state index in [1.807, 2.05) is 19.2 Å². The van der Waals surface area contributed by atoms with Crippen LogP contribution >= 0.6 is 0 Å². The lowest BCUT2D eigenvalue weighted by molar-refractivity contribution is 0.00983. The summed E-state index contributed by atoms with van der Waals surface area (Å²) in [6.07, 6.45) is 9.67. The minimum absolute atomic E-state index is 0.00364. The van der Waals surface area contributed by atoms with E-state index in [1.165, 1.54) is 12.0 Å². The van der Waals surface area contributed by atoms with Crippen molar-refractivity contribution in [3.8, 4) is 5.75 Å². The van der Waals surface area contributed by atoms with Crippen molar-refractivity contribution >= 4 is 12.2 Å². The summed E-state index contributed by atoms with van der Waals surface area (Å²) in [7, 11) is 7.96. The summed E-state index contributed by atoms with van der Waals surface area (Å²) >= 11 is 0. The van der Waals surface area contributed by atoms with Crippen LogP contribution in [-0.2, 0) is 12.1 Å². The Hall–Kier alpha value is -2.86. The molecule has 0 N–H and O–H groups in total. The number of aliphatic imine (C=N–C) groups is 1. The third-order valence-corrected chi connectivity index (χ3v) is 9.49. The predicted octanol–water partition coefficient (Wildman–Crippen LogP) is 5.57. The van der Waals surface area contributed by atoms with Crippen LogP contribution in [0.2, 0.25) is 0 Å². The van der Waals surface area contributed by atoms with Crippen LogP contribution in [0.4, 0.5) is 4.79 Å². The SMILES string of the molecule is CN=CC1(CN2C(=O)N(Cc3ccc(OC)cc3)CC23CCC(c2ccccc2)(N(C)C)CC3)CCC1. The first-order chi connectivity index (χ1) is 17.9. The summed E-state index contributed by atoms with van der Waals surface area (Å²) in [5.41, 5.74) is 2.42. The standard InChI is InChI=1S/C31H42N4O2/c1-32-22-29(15-8-16-29)23-35-28(36)34(21-25-11-13-27(37-4)14-12-25)24-30(35)17-19-31(20-18-30,33(2)3)26-9-6-5-7-10-26/h5-7,9-14,22H,8,15-21,23-24H2,1-4H3. The lowest BCUT2D eigenvalue weighted by Gasteiger charge is -2.53. The maximum Gasteiger partial charge on any atom is 0.320 e. The van der Waals surface area contributed by atoms with Gasteiger partial charge >= 0.3 is 6.03 Å². The van der Waals surface area contributed by atoms with E-state index in [9.17, 15) is 4.79 Å². The van der Waals surface area contributed by atoms with Gasteiger partial charge in [-0.2, -0.15) is 0 Å². The van der Waals surface area contributed by atoms with Crippen LogP contribution in [0.25, 0.3) is 0 Å². The molecule has 6 heteroatoms. The zero-order valence-electron chi connectivity index (χ0n) is 22.9. The maximum absolute atomic E-state index is 14.1. The highest BCUT2D eigenvalue weighted by Gasteiger charge is 2.56. The van der Waals surface area contributed by atoms with Crippen LogP contribution in [0, 0.1) is 5.41 Å². The van der Waals surface area contributed by atoms with Crippen molar-refractivity contribution in [2.24, 2.45) is 10.4 Å². The van der Waals surface area contributed by atoms with Crippen molar-refractivity contribution in [2.75, 3.05) is 41.3 Å². The highest BCUT2D eigenvalue weighted by Crippen LogP contribution is 2.51. The molecule has 0 aromatic heterocycles. The zero-order valence-corrected chi connectivity index (χ0v) is 22.9. The minimum atomic E-state index is -0.137. The number of hydrogen-bond donors (Lipinski definition) is 0. The molecule has 3 fully saturated rings. The van der Waals surface area contributed by atoms with Crippen LogP contribution in [0.5, 0.6) is 5.75 Å². The van der Waals surface area contributed by atoms with Gasteiger partial charge < -0.3 is 19.5 Å². The number of amides is 2. The second kappa shape index (κ2) is 10.1. The van der Waals surface area contributed by atoms with Crippen LogP contribution in [0.3, 0.4) is 0 Å². The molecule has 2 aliphatic carbocycles. The average Bonchev–Trinajstić information content (AvgIpc) is 3.14. The molecule has 198 valence electrons. The van der Waals surface area contributed by atoms with Crippen LogP contribution in [-0.4, -0.2) is 73.8 Å². The fraction of sp³-hybridized carbons (Fsp3) is 0.548. The number of carbonyl (C=O) groups excluding carboxylic acids is 1. The van der Waals surface area contributed by atoms with Crippen molar-refractivity contribution < 1.29 is 9.53 Å². The molecule has 0 radical (unpaired) electrons. The van der Waals surface area contributed by atoms with E-state index >= 15 is 0 Å². The summed E-state index contributed by atoms with van der Waals surface area (Å²) in [5.74, 6) is 0.841. The van der Waals surface area contributed by atoms with Gasteiger partial charge in [0.05, 0.1) is 12.6 Å². The van der Waals surface area contributed by atoms with Gasteiger partial charge in [-0.1, -0.05) is 48.9 Å². The normalized spacial score (nSPS) is 27.3. The number of urea groups is 1. The Bertz CT molecular complexity index is 1100. The Morgan fingerprint density at radius 2 is 1.65 bits per heavy atom. The molecule has 1 spiro atoms.